The van der Waals surface area contributed by atoms with Crippen molar-refractivity contribution in [1.29, 1.82) is 0 Å². The summed E-state index contributed by atoms with van der Waals surface area (Å²) in [6, 6.07) is 21.2. The minimum atomic E-state index is -0.831. The molecule has 0 heterocycles. The first-order valence-electron chi connectivity index (χ1n) is 28.3. The third-order valence-electron chi connectivity index (χ3n) is 14.7. The zero-order valence-corrected chi connectivity index (χ0v) is 50.6. The second-order valence-electron chi connectivity index (χ2n) is 22.5. The van der Waals surface area contributed by atoms with Gasteiger partial charge in [-0.1, -0.05) is 124 Å². The van der Waals surface area contributed by atoms with E-state index in [0.29, 0.717) is 76.1 Å². The van der Waals surface area contributed by atoms with Gasteiger partial charge in [-0.2, -0.15) is 0 Å². The molecule has 20 heteroatoms. The number of ether oxygens (including phenoxy) is 1. The van der Waals surface area contributed by atoms with E-state index in [1.807, 2.05) is 172 Å². The second kappa shape index (κ2) is 35.6. The molecule has 0 aliphatic heterocycles. The number of carboxylic acids is 1. The molecular weight excluding hydrogens is 1030 g/mol. The lowest BCUT2D eigenvalue weighted by molar-refractivity contribution is -0.152. The number of benzene rings is 3. The van der Waals surface area contributed by atoms with Gasteiger partial charge in [-0.25, -0.2) is 9.59 Å². The van der Waals surface area contributed by atoms with Crippen molar-refractivity contribution >= 4 is 59.0 Å². The summed E-state index contributed by atoms with van der Waals surface area (Å²) in [7, 11) is 7.10. The van der Waals surface area contributed by atoms with Gasteiger partial charge in [0.05, 0.1) is 0 Å². The van der Waals surface area contributed by atoms with Crippen LogP contribution in [-0.2, 0) is 53.0 Å². The molecule has 9 N–H and O–H groups in total. The average molecular weight is 1130 g/mol. The number of aliphatic carboxylic acids is 1. The highest BCUT2D eigenvalue weighted by atomic mass is 16.5. The molecule has 20 nitrogen and oxygen atoms in total. The first-order chi connectivity index (χ1) is 38.1. The Morgan fingerprint density at radius 1 is 0.506 bits per heavy atom. The van der Waals surface area contributed by atoms with Crippen LogP contribution in [0.2, 0.25) is 0 Å². The van der Waals surface area contributed by atoms with Gasteiger partial charge < -0.3 is 52.4 Å². The summed E-state index contributed by atoms with van der Waals surface area (Å²) in [5, 5.41) is 20.3. The first-order valence-corrected chi connectivity index (χ1v) is 28.3. The van der Waals surface area contributed by atoms with Crippen LogP contribution in [-0.4, -0.2) is 141 Å². The van der Waals surface area contributed by atoms with Crippen LogP contribution in [0, 0.1) is 35.5 Å². The van der Waals surface area contributed by atoms with Gasteiger partial charge in [0.25, 0.3) is 0 Å². The van der Waals surface area contributed by atoms with Crippen LogP contribution >= 0.6 is 0 Å². The van der Waals surface area contributed by atoms with Crippen LogP contribution in [0.1, 0.15) is 112 Å². The van der Waals surface area contributed by atoms with Gasteiger partial charge in [0.2, 0.25) is 23.6 Å². The summed E-state index contributed by atoms with van der Waals surface area (Å²) >= 11 is 0. The Morgan fingerprint density at radius 2 is 0.877 bits per heavy atom. The number of anilines is 2. The van der Waals surface area contributed by atoms with E-state index in [-0.39, 0.29) is 77.8 Å². The largest absolute Gasteiger partial charge is 0.480 e. The predicted octanol–water partition coefficient (Wildman–Crippen LogP) is 6.58. The Labute approximate surface area is 481 Å². The van der Waals surface area contributed by atoms with Gasteiger partial charge in [0.15, 0.2) is 0 Å². The predicted molar refractivity (Wildman–Crippen MR) is 319 cm³/mol. The van der Waals surface area contributed by atoms with Crippen molar-refractivity contribution in [2.24, 2.45) is 47.0 Å². The Kier molecular flexibility index (Phi) is 30.8. The number of likely N-dealkylation sites (N-methyl/N-ethyl adjacent to an activating group) is 4. The van der Waals surface area contributed by atoms with E-state index in [2.05, 4.69) is 21.3 Å². The third kappa shape index (κ3) is 24.7. The smallest absolute Gasteiger partial charge is 0.323 e. The van der Waals surface area contributed by atoms with E-state index < -0.39 is 36.2 Å². The quantitative estimate of drug-likeness (QED) is 0.0258. The van der Waals surface area contributed by atoms with E-state index in [4.69, 9.17) is 16.2 Å². The van der Waals surface area contributed by atoms with Crippen LogP contribution < -0.4 is 42.5 Å². The van der Waals surface area contributed by atoms with Crippen LogP contribution in [0.15, 0.2) is 78.9 Å². The van der Waals surface area contributed by atoms with Crippen LogP contribution in [0.4, 0.5) is 21.0 Å². The molecule has 0 aromatic heterocycles. The highest BCUT2D eigenvalue weighted by Gasteiger charge is 2.31. The maximum atomic E-state index is 13.5. The number of carbonyl (C=O) groups is 8. The number of nitrogens with zero attached hydrogens (tertiary/aromatic N) is 4. The number of nitrogens with one attached hydrogen (secondary N) is 4. The monoisotopic (exact) mass is 1130 g/mol. The fraction of sp³-hybridized carbons (Fsp3) is 0.574. The van der Waals surface area contributed by atoms with Crippen molar-refractivity contribution in [3.8, 4) is 0 Å². The maximum Gasteiger partial charge on any atom is 0.323 e. The van der Waals surface area contributed by atoms with Gasteiger partial charge in [-0.15, -0.1) is 0 Å². The lowest BCUT2D eigenvalue weighted by Crippen LogP contribution is -2.49. The normalized spacial score (nSPS) is 13.5. The molecule has 0 spiro atoms. The minimum Gasteiger partial charge on any atom is -0.480 e. The van der Waals surface area contributed by atoms with Crippen molar-refractivity contribution in [1.82, 2.24) is 31.1 Å². The number of urea groups is 2. The highest BCUT2D eigenvalue weighted by molar-refractivity contribution is 6.00. The molecule has 8 amide bonds. The number of hydrogen-bond acceptors (Lipinski definition) is 11. The zero-order valence-electron chi connectivity index (χ0n) is 50.6. The molecule has 0 aliphatic rings. The molecule has 0 bridgehead atoms. The van der Waals surface area contributed by atoms with Crippen molar-refractivity contribution in [2.75, 3.05) is 64.2 Å². The number of carbonyl (C=O) groups excluding carboxylic acids is 7. The Hall–Kier alpha value is -7.06. The van der Waals surface area contributed by atoms with Crippen LogP contribution in [0.3, 0.4) is 0 Å². The Balaban J connectivity index is 0.000000562. The number of esters is 1. The summed E-state index contributed by atoms with van der Waals surface area (Å²) < 4.78 is 5.63. The van der Waals surface area contributed by atoms with Crippen molar-refractivity contribution in [3.05, 3.63) is 95.6 Å². The lowest BCUT2D eigenvalue weighted by Gasteiger charge is -2.29. The van der Waals surface area contributed by atoms with E-state index >= 15 is 0 Å². The molecule has 450 valence electrons. The highest BCUT2D eigenvalue weighted by Crippen LogP contribution is 2.21. The van der Waals surface area contributed by atoms with Crippen molar-refractivity contribution < 1.29 is 48.2 Å². The summed E-state index contributed by atoms with van der Waals surface area (Å²) in [5.41, 5.74) is 14.7. The molecule has 0 aliphatic carbocycles. The van der Waals surface area contributed by atoms with Crippen molar-refractivity contribution in [2.45, 2.75) is 139 Å². The van der Waals surface area contributed by atoms with E-state index in [1.165, 1.54) is 4.90 Å². The van der Waals surface area contributed by atoms with E-state index in [9.17, 15) is 43.5 Å². The Bertz CT molecular complexity index is 2440. The molecule has 6 atom stereocenters. The van der Waals surface area contributed by atoms with Gasteiger partial charge in [-0.05, 0) is 117 Å². The van der Waals surface area contributed by atoms with Crippen molar-refractivity contribution in [3.63, 3.8) is 0 Å². The number of nitrogens with two attached hydrogens (primary N) is 2. The standard InChI is InChI=1S/C34H51N5O5.C27H45N5O5/c1-23(2)25(5)31(40)37-29(14-11-20-36-34(35)43)32(41)39(7)28-17-15-26(16-18-28)19-21-38(6)30(24(3)4)33(42)44-22-27-12-9-8-10-13-27;1-17(2)19(5)24(33)30-22(9-8-15-29-27(28)37)25(34)32(7)21-12-10-20(11-13-21)14-16-31(6)23(18(3)4)26(35)36/h8-10,12-13,15-18,23-25,29-30H,11,14,19-22H2,1-7H3,(H,37,40)(H3,35,36,43);10-13,17-19,22-23H,8-9,14-16H2,1-7H3,(H,30,33)(H,35,36)(H3,28,29,37)/t25-,29-,30-;19-,22-,23-/m00/s1. The summed E-state index contributed by atoms with van der Waals surface area (Å²) in [5.74, 6) is -2.11. The molecule has 0 unspecified atom stereocenters. The number of hydrogen-bond donors (Lipinski definition) is 7. The van der Waals surface area contributed by atoms with Crippen LogP contribution in [0.25, 0.3) is 0 Å². The fourth-order valence-electron chi connectivity index (χ4n) is 8.90. The topological polar surface area (TPSA) is 279 Å². The number of amides is 8. The lowest BCUT2D eigenvalue weighted by atomic mass is 9.96. The van der Waals surface area contributed by atoms with Gasteiger partial charge in [-0.3, -0.25) is 38.6 Å². The summed E-state index contributed by atoms with van der Waals surface area (Å²) in [6.45, 7) is 21.4. The SMILES string of the molecule is CC(C)[C@H](C)C(=O)N[C@@H](CCCNC(N)=O)C(=O)N(C)c1ccc(CCN(C)[C@H](C(=O)O)C(C)C)cc1.CC(C)[C@H](C)C(=O)N[C@@H](CCCNC(N)=O)C(=O)N(C)c1ccc(CCN(C)[C@H](C(=O)OCc2ccccc2)C(C)C)cc1. The van der Waals surface area contributed by atoms with E-state index in [0.717, 1.165) is 16.7 Å². The Morgan fingerprint density at radius 3 is 1.21 bits per heavy atom. The molecule has 81 heavy (non-hydrogen) atoms. The number of rotatable bonds is 32. The number of carboxylic acid groups (broad SMARTS) is 1. The number of primary amides is 2. The van der Waals surface area contributed by atoms with Gasteiger partial charge in [0, 0.05) is 63.5 Å². The van der Waals surface area contributed by atoms with Gasteiger partial charge in [0.1, 0.15) is 30.8 Å². The van der Waals surface area contributed by atoms with E-state index in [1.54, 1.807) is 19.0 Å². The average Bonchev–Trinajstić information content (AvgIpc) is 3.41. The molecule has 0 radical (unpaired) electrons. The molecular formula is C61H96N10O10. The first kappa shape index (κ1) is 70.0. The third-order valence-corrected chi connectivity index (χ3v) is 14.7. The molecule has 3 aromatic carbocycles. The fourth-order valence-corrected chi connectivity index (χ4v) is 8.90. The minimum absolute atomic E-state index is 0.00641. The zero-order chi connectivity index (χ0) is 61.1. The summed E-state index contributed by atoms with van der Waals surface area (Å²) in [6.07, 6.45) is 3.04. The van der Waals surface area contributed by atoms with Gasteiger partial charge >= 0.3 is 24.0 Å². The second-order valence-corrected chi connectivity index (χ2v) is 22.5. The maximum absolute atomic E-state index is 13.5. The molecule has 3 rings (SSSR count). The summed E-state index contributed by atoms with van der Waals surface area (Å²) in [4.78, 5) is 106. The molecule has 0 fully saturated rings. The molecule has 0 saturated carbocycles. The molecule has 3 aromatic rings. The molecule has 0 saturated heterocycles. The van der Waals surface area contributed by atoms with Crippen LogP contribution in [0.5, 0.6) is 0 Å².